The first-order valence-corrected chi connectivity index (χ1v) is 8.09. The van der Waals surface area contributed by atoms with E-state index in [0.29, 0.717) is 13.2 Å². The van der Waals surface area contributed by atoms with Gasteiger partial charge in [-0.15, -0.1) is 0 Å². The summed E-state index contributed by atoms with van der Waals surface area (Å²) in [6, 6.07) is 4.47. The first kappa shape index (κ1) is 20.2. The lowest BCUT2D eigenvalue weighted by Gasteiger charge is -2.17. The molecule has 11 heteroatoms. The predicted molar refractivity (Wildman–Crippen MR) is 88.2 cm³/mol. The van der Waals surface area contributed by atoms with Gasteiger partial charge in [-0.3, -0.25) is 15.6 Å². The molecule has 1 amide bonds. The van der Waals surface area contributed by atoms with Crippen molar-refractivity contribution in [3.8, 4) is 5.75 Å². The number of thiocarbonyl (C=S) groups is 1. The van der Waals surface area contributed by atoms with Crippen LogP contribution in [0.3, 0.4) is 0 Å². The molecule has 1 saturated heterocycles. The number of carbonyl (C=O) groups is 1. The Bertz CT molecular complexity index is 642. The highest BCUT2D eigenvalue weighted by Crippen LogP contribution is 2.27. The molecular weight excluding hydrogens is 378 g/mol. The largest absolute Gasteiger partial charge is 0.461 e. The fourth-order valence-electron chi connectivity index (χ4n) is 2.14. The summed E-state index contributed by atoms with van der Waals surface area (Å²) >= 11 is 4.98. The number of hydrogen-bond donors (Lipinski definition) is 3. The summed E-state index contributed by atoms with van der Waals surface area (Å²) in [6.45, 7) is 1.18. The van der Waals surface area contributed by atoms with Crippen LogP contribution in [-0.2, 0) is 4.74 Å². The lowest BCUT2D eigenvalue weighted by Crippen LogP contribution is -2.48. The second kappa shape index (κ2) is 8.99. The van der Waals surface area contributed by atoms with E-state index in [2.05, 4.69) is 20.9 Å². The zero-order valence-corrected chi connectivity index (χ0v) is 14.3. The Labute approximate surface area is 152 Å². The van der Waals surface area contributed by atoms with E-state index in [1.807, 2.05) is 0 Å². The highest BCUT2D eigenvalue weighted by atomic mass is 32.1. The molecule has 1 aliphatic heterocycles. The molecule has 26 heavy (non-hydrogen) atoms. The number of benzene rings is 1. The highest BCUT2D eigenvalue weighted by Gasteiger charge is 2.44. The molecule has 1 aromatic carbocycles. The van der Waals surface area contributed by atoms with Crippen molar-refractivity contribution in [3.63, 3.8) is 0 Å². The zero-order chi connectivity index (χ0) is 19.2. The van der Waals surface area contributed by atoms with Crippen molar-refractivity contribution >= 4 is 23.2 Å². The molecule has 0 bridgehead atoms. The van der Waals surface area contributed by atoms with E-state index >= 15 is 0 Å². The Balaban J connectivity index is 1.83. The third-order valence-electron chi connectivity index (χ3n) is 3.41. The maximum atomic E-state index is 12.9. The standard InChI is InChI=1S/C15H17F4N3O3S/c16-13(17)15(18,19)25-10-4-1-3-9(7-10)12(23)21-22-14(26)20-8-11-5-2-6-24-11/h1,3-4,7,11,13H,2,5-6,8H2,(H,21,23)(H2,20,22,26)/t11-/m0/s1. The van der Waals surface area contributed by atoms with Crippen LogP contribution in [0.1, 0.15) is 23.2 Å². The molecule has 6 nitrogen and oxygen atoms in total. The maximum Gasteiger partial charge on any atom is 0.461 e. The molecule has 3 N–H and O–H groups in total. The first-order chi connectivity index (χ1) is 12.3. The lowest BCUT2D eigenvalue weighted by atomic mass is 10.2. The summed E-state index contributed by atoms with van der Waals surface area (Å²) in [6.07, 6.45) is -6.70. The van der Waals surface area contributed by atoms with E-state index in [-0.39, 0.29) is 16.8 Å². The fraction of sp³-hybridized carbons (Fsp3) is 0.467. The molecule has 0 spiro atoms. The minimum Gasteiger partial charge on any atom is -0.428 e. The molecule has 1 atom stereocenters. The third-order valence-corrected chi connectivity index (χ3v) is 3.65. The number of halogens is 4. The van der Waals surface area contributed by atoms with Crippen molar-refractivity contribution in [1.82, 2.24) is 16.2 Å². The molecule has 1 fully saturated rings. The molecule has 0 saturated carbocycles. The summed E-state index contributed by atoms with van der Waals surface area (Å²) in [5.41, 5.74) is 4.63. The van der Waals surface area contributed by atoms with Crippen LogP contribution in [0.5, 0.6) is 5.75 Å². The molecule has 0 radical (unpaired) electrons. The van der Waals surface area contributed by atoms with Crippen LogP contribution in [0, 0.1) is 0 Å². The number of nitrogens with one attached hydrogen (secondary N) is 3. The van der Waals surface area contributed by atoms with Gasteiger partial charge in [0.05, 0.1) is 6.10 Å². The monoisotopic (exact) mass is 395 g/mol. The fourth-order valence-corrected chi connectivity index (χ4v) is 2.28. The molecular formula is C15H17F4N3O3S. The van der Waals surface area contributed by atoms with Gasteiger partial charge in [-0.25, -0.2) is 0 Å². The topological polar surface area (TPSA) is 71.6 Å². The summed E-state index contributed by atoms with van der Waals surface area (Å²) in [5, 5.41) is 3.00. The quantitative estimate of drug-likeness (QED) is 0.390. The van der Waals surface area contributed by atoms with E-state index in [4.69, 9.17) is 17.0 Å². The summed E-state index contributed by atoms with van der Waals surface area (Å²) in [4.78, 5) is 12.0. The Morgan fingerprint density at radius 2 is 2.15 bits per heavy atom. The smallest absolute Gasteiger partial charge is 0.428 e. The summed E-state index contributed by atoms with van der Waals surface area (Å²) in [7, 11) is 0. The van der Waals surface area contributed by atoms with Gasteiger partial charge in [0.1, 0.15) is 5.75 Å². The third kappa shape index (κ3) is 5.99. The van der Waals surface area contributed by atoms with Crippen molar-refractivity contribution in [1.29, 1.82) is 0 Å². The van der Waals surface area contributed by atoms with Crippen LogP contribution >= 0.6 is 12.2 Å². The second-order valence-electron chi connectivity index (χ2n) is 5.42. The van der Waals surface area contributed by atoms with Crippen LogP contribution < -0.4 is 20.9 Å². The minimum absolute atomic E-state index is 0.0517. The SMILES string of the molecule is O=C(NNC(=S)NC[C@@H]1CCCO1)c1cccc(OC(F)(F)C(F)F)c1. The second-order valence-corrected chi connectivity index (χ2v) is 5.82. The van der Waals surface area contributed by atoms with Gasteiger partial charge in [0.2, 0.25) is 0 Å². The molecule has 1 aliphatic rings. The van der Waals surface area contributed by atoms with E-state index in [9.17, 15) is 22.4 Å². The number of alkyl halides is 4. The van der Waals surface area contributed by atoms with Crippen molar-refractivity contribution in [2.75, 3.05) is 13.2 Å². The minimum atomic E-state index is -4.65. The van der Waals surface area contributed by atoms with Gasteiger partial charge in [0.15, 0.2) is 5.11 Å². The van der Waals surface area contributed by atoms with Crippen LogP contribution in [-0.4, -0.2) is 42.8 Å². The zero-order valence-electron chi connectivity index (χ0n) is 13.4. The van der Waals surface area contributed by atoms with Crippen LogP contribution in [0.4, 0.5) is 17.6 Å². The van der Waals surface area contributed by atoms with Gasteiger partial charge in [-0.1, -0.05) is 6.07 Å². The Morgan fingerprint density at radius 1 is 1.38 bits per heavy atom. The normalized spacial score (nSPS) is 17.0. The van der Waals surface area contributed by atoms with Gasteiger partial charge >= 0.3 is 12.5 Å². The molecule has 2 rings (SSSR count). The molecule has 0 aliphatic carbocycles. The van der Waals surface area contributed by atoms with Gasteiger partial charge in [0, 0.05) is 18.7 Å². The number of amides is 1. The van der Waals surface area contributed by atoms with E-state index in [1.54, 1.807) is 0 Å². The number of ether oxygens (including phenoxy) is 2. The van der Waals surface area contributed by atoms with Crippen molar-refractivity contribution in [2.45, 2.75) is 31.5 Å². The predicted octanol–water partition coefficient (Wildman–Crippen LogP) is 2.21. The molecule has 0 aromatic heterocycles. The molecule has 1 aromatic rings. The first-order valence-electron chi connectivity index (χ1n) is 7.69. The summed E-state index contributed by atoms with van der Waals surface area (Å²) < 4.78 is 59.5. The average Bonchev–Trinajstić information content (AvgIpc) is 3.11. The van der Waals surface area contributed by atoms with Gasteiger partial charge in [0.25, 0.3) is 5.91 Å². The Kier molecular flexibility index (Phi) is 6.98. The van der Waals surface area contributed by atoms with Crippen molar-refractivity contribution in [2.24, 2.45) is 0 Å². The molecule has 1 heterocycles. The maximum absolute atomic E-state index is 12.9. The number of rotatable bonds is 6. The number of hydrazine groups is 1. The van der Waals surface area contributed by atoms with Crippen LogP contribution in [0.15, 0.2) is 24.3 Å². The Hall–Kier alpha value is -2.14. The Morgan fingerprint density at radius 3 is 2.81 bits per heavy atom. The van der Waals surface area contributed by atoms with E-state index in [0.717, 1.165) is 25.0 Å². The van der Waals surface area contributed by atoms with E-state index < -0.39 is 24.2 Å². The number of carbonyl (C=O) groups excluding carboxylic acids is 1. The van der Waals surface area contributed by atoms with Gasteiger partial charge in [-0.2, -0.15) is 17.6 Å². The van der Waals surface area contributed by atoms with Gasteiger partial charge in [-0.05, 0) is 43.3 Å². The van der Waals surface area contributed by atoms with E-state index in [1.165, 1.54) is 12.1 Å². The van der Waals surface area contributed by atoms with Crippen molar-refractivity contribution in [3.05, 3.63) is 29.8 Å². The number of hydrogen-bond acceptors (Lipinski definition) is 4. The lowest BCUT2D eigenvalue weighted by molar-refractivity contribution is -0.253. The molecule has 0 unspecified atom stereocenters. The van der Waals surface area contributed by atoms with Gasteiger partial charge < -0.3 is 14.8 Å². The summed E-state index contributed by atoms with van der Waals surface area (Å²) in [5.74, 6) is -1.28. The van der Waals surface area contributed by atoms with Crippen LogP contribution in [0.2, 0.25) is 0 Å². The average molecular weight is 395 g/mol. The molecule has 144 valence electrons. The van der Waals surface area contributed by atoms with Crippen LogP contribution in [0.25, 0.3) is 0 Å². The highest BCUT2D eigenvalue weighted by molar-refractivity contribution is 7.80. The van der Waals surface area contributed by atoms with Crippen molar-refractivity contribution < 1.29 is 31.8 Å².